The first kappa shape index (κ1) is 13.4. The Balaban J connectivity index is 4.93. The molecule has 0 saturated carbocycles. The molecule has 14 heavy (non-hydrogen) atoms. The quantitative estimate of drug-likeness (QED) is 0.641. The lowest BCUT2D eigenvalue weighted by Crippen LogP contribution is -2.45. The second-order valence-corrected chi connectivity index (χ2v) is 3.96. The molecule has 0 N–H and O–H groups in total. The molecular weight excluding hydrogens is 180 g/mol. The number of ether oxygens (including phenoxy) is 2. The van der Waals surface area contributed by atoms with Crippen LogP contribution < -0.4 is 0 Å². The summed E-state index contributed by atoms with van der Waals surface area (Å²) < 4.78 is 10.1. The number of rotatable bonds is 5. The lowest BCUT2D eigenvalue weighted by molar-refractivity contribution is -0.164. The molecule has 0 aromatic carbocycles. The summed E-state index contributed by atoms with van der Waals surface area (Å²) in [7, 11) is 3.04. The van der Waals surface area contributed by atoms with Crippen LogP contribution in [0.4, 0.5) is 0 Å². The van der Waals surface area contributed by atoms with E-state index in [1.807, 2.05) is 20.8 Å². The molecule has 0 spiro atoms. The first-order valence-corrected chi connectivity index (χ1v) is 5.06. The molecule has 0 saturated heterocycles. The molecule has 0 fully saturated rings. The Morgan fingerprint density at radius 3 is 2.14 bits per heavy atom. The van der Waals surface area contributed by atoms with Gasteiger partial charge in [-0.1, -0.05) is 20.3 Å². The standard InChI is InChI=1S/C11H22O3/c1-7-8(2)11(4,9(3)13-5)10(12)14-6/h8-9H,7H2,1-6H3. The van der Waals surface area contributed by atoms with E-state index in [2.05, 4.69) is 6.92 Å². The van der Waals surface area contributed by atoms with Crippen LogP contribution in [-0.2, 0) is 14.3 Å². The lowest BCUT2D eigenvalue weighted by Gasteiger charge is -2.36. The van der Waals surface area contributed by atoms with Crippen molar-refractivity contribution < 1.29 is 14.3 Å². The first-order chi connectivity index (χ1) is 6.44. The van der Waals surface area contributed by atoms with Crippen molar-refractivity contribution in [3.05, 3.63) is 0 Å². The van der Waals surface area contributed by atoms with E-state index in [9.17, 15) is 4.79 Å². The van der Waals surface area contributed by atoms with E-state index in [4.69, 9.17) is 9.47 Å². The van der Waals surface area contributed by atoms with E-state index >= 15 is 0 Å². The van der Waals surface area contributed by atoms with E-state index in [1.54, 1.807) is 7.11 Å². The van der Waals surface area contributed by atoms with Crippen LogP contribution in [0.1, 0.15) is 34.1 Å². The van der Waals surface area contributed by atoms with Crippen LogP contribution in [0.5, 0.6) is 0 Å². The zero-order valence-corrected chi connectivity index (χ0v) is 10.1. The van der Waals surface area contributed by atoms with Crippen molar-refractivity contribution in [3.63, 3.8) is 0 Å². The van der Waals surface area contributed by atoms with Crippen molar-refractivity contribution in [2.45, 2.75) is 40.2 Å². The van der Waals surface area contributed by atoms with Crippen LogP contribution in [0.25, 0.3) is 0 Å². The van der Waals surface area contributed by atoms with Gasteiger partial charge < -0.3 is 9.47 Å². The van der Waals surface area contributed by atoms with Crippen molar-refractivity contribution in [1.82, 2.24) is 0 Å². The lowest BCUT2D eigenvalue weighted by atomic mass is 9.72. The number of esters is 1. The third-order valence-electron chi connectivity index (χ3n) is 3.46. The molecule has 0 rings (SSSR count). The van der Waals surface area contributed by atoms with E-state index in [-0.39, 0.29) is 18.0 Å². The van der Waals surface area contributed by atoms with Crippen molar-refractivity contribution in [1.29, 1.82) is 0 Å². The van der Waals surface area contributed by atoms with Crippen molar-refractivity contribution in [2.24, 2.45) is 11.3 Å². The summed E-state index contributed by atoms with van der Waals surface area (Å²) in [6, 6.07) is 0. The monoisotopic (exact) mass is 202 g/mol. The first-order valence-electron chi connectivity index (χ1n) is 5.06. The van der Waals surface area contributed by atoms with Crippen molar-refractivity contribution in [3.8, 4) is 0 Å². The third-order valence-corrected chi connectivity index (χ3v) is 3.46. The number of methoxy groups -OCH3 is 2. The molecule has 0 aliphatic heterocycles. The second kappa shape index (κ2) is 5.35. The zero-order chi connectivity index (χ0) is 11.4. The topological polar surface area (TPSA) is 35.5 Å². The number of carbonyl (C=O) groups excluding carboxylic acids is 1. The molecule has 0 bridgehead atoms. The van der Waals surface area contributed by atoms with Gasteiger partial charge in [-0.05, 0) is 19.8 Å². The van der Waals surface area contributed by atoms with Gasteiger partial charge in [-0.2, -0.15) is 0 Å². The van der Waals surface area contributed by atoms with Crippen LogP contribution >= 0.6 is 0 Å². The molecule has 0 amide bonds. The predicted octanol–water partition coefficient (Wildman–Crippen LogP) is 2.25. The molecule has 0 aromatic heterocycles. The maximum Gasteiger partial charge on any atom is 0.314 e. The van der Waals surface area contributed by atoms with Crippen LogP contribution in [0.15, 0.2) is 0 Å². The fraction of sp³-hybridized carbons (Fsp3) is 0.909. The second-order valence-electron chi connectivity index (χ2n) is 3.96. The highest BCUT2D eigenvalue weighted by Gasteiger charge is 2.44. The average molecular weight is 202 g/mol. The highest BCUT2D eigenvalue weighted by Crippen LogP contribution is 2.36. The van der Waals surface area contributed by atoms with Crippen LogP contribution in [-0.4, -0.2) is 26.3 Å². The van der Waals surface area contributed by atoms with E-state index in [0.29, 0.717) is 0 Å². The van der Waals surface area contributed by atoms with Gasteiger partial charge in [0.1, 0.15) is 0 Å². The Morgan fingerprint density at radius 2 is 1.86 bits per heavy atom. The normalized spacial score (nSPS) is 19.6. The zero-order valence-electron chi connectivity index (χ0n) is 10.1. The maximum atomic E-state index is 11.7. The average Bonchev–Trinajstić information content (AvgIpc) is 2.24. The minimum absolute atomic E-state index is 0.134. The van der Waals surface area contributed by atoms with Gasteiger partial charge in [0, 0.05) is 7.11 Å². The smallest absolute Gasteiger partial charge is 0.314 e. The molecule has 0 heterocycles. The minimum Gasteiger partial charge on any atom is -0.469 e. The molecule has 84 valence electrons. The molecule has 0 aliphatic carbocycles. The van der Waals surface area contributed by atoms with Crippen LogP contribution in [0.3, 0.4) is 0 Å². The summed E-state index contributed by atoms with van der Waals surface area (Å²) in [6.45, 7) is 7.92. The Hall–Kier alpha value is -0.570. The summed E-state index contributed by atoms with van der Waals surface area (Å²) in [4.78, 5) is 11.7. The fourth-order valence-corrected chi connectivity index (χ4v) is 1.66. The highest BCUT2D eigenvalue weighted by molar-refractivity contribution is 5.77. The molecule has 3 unspecified atom stereocenters. The molecule has 3 atom stereocenters. The third kappa shape index (κ3) is 2.27. The number of hydrogen-bond acceptors (Lipinski definition) is 3. The predicted molar refractivity (Wildman–Crippen MR) is 56.0 cm³/mol. The van der Waals surface area contributed by atoms with Gasteiger partial charge in [-0.15, -0.1) is 0 Å². The van der Waals surface area contributed by atoms with Gasteiger partial charge in [0.25, 0.3) is 0 Å². The van der Waals surface area contributed by atoms with E-state index in [0.717, 1.165) is 6.42 Å². The Bertz CT molecular complexity index is 179. The number of carbonyl (C=O) groups is 1. The van der Waals surface area contributed by atoms with Gasteiger partial charge >= 0.3 is 5.97 Å². The van der Waals surface area contributed by atoms with Crippen LogP contribution in [0.2, 0.25) is 0 Å². The van der Waals surface area contributed by atoms with Gasteiger partial charge in [0.15, 0.2) is 0 Å². The highest BCUT2D eigenvalue weighted by atomic mass is 16.5. The maximum absolute atomic E-state index is 11.7. The fourth-order valence-electron chi connectivity index (χ4n) is 1.66. The van der Waals surface area contributed by atoms with Gasteiger partial charge in [-0.25, -0.2) is 0 Å². The van der Waals surface area contributed by atoms with Gasteiger partial charge in [0.2, 0.25) is 0 Å². The summed E-state index contributed by atoms with van der Waals surface area (Å²) in [6.07, 6.45) is 0.796. The molecule has 0 aromatic rings. The molecular formula is C11H22O3. The summed E-state index contributed by atoms with van der Waals surface area (Å²) in [5.74, 6) is 0.0473. The number of hydrogen-bond donors (Lipinski definition) is 0. The Labute approximate surface area is 86.8 Å². The SMILES string of the molecule is CCC(C)C(C)(C(=O)OC)C(C)OC. The summed E-state index contributed by atoms with van der Waals surface area (Å²) >= 11 is 0. The van der Waals surface area contributed by atoms with E-state index < -0.39 is 5.41 Å². The van der Waals surface area contributed by atoms with Crippen molar-refractivity contribution in [2.75, 3.05) is 14.2 Å². The van der Waals surface area contributed by atoms with Crippen LogP contribution in [0, 0.1) is 11.3 Å². The molecule has 0 radical (unpaired) electrons. The van der Waals surface area contributed by atoms with Gasteiger partial charge in [0.05, 0.1) is 18.6 Å². The molecule has 3 heteroatoms. The molecule has 3 nitrogen and oxygen atoms in total. The van der Waals surface area contributed by atoms with Gasteiger partial charge in [-0.3, -0.25) is 4.79 Å². The summed E-state index contributed by atoms with van der Waals surface area (Å²) in [5, 5.41) is 0. The van der Waals surface area contributed by atoms with Crippen molar-refractivity contribution >= 4 is 5.97 Å². The van der Waals surface area contributed by atoms with E-state index in [1.165, 1.54) is 7.11 Å². The Kier molecular flexibility index (Phi) is 5.13. The Morgan fingerprint density at radius 1 is 1.36 bits per heavy atom. The minimum atomic E-state index is -0.557. The summed E-state index contributed by atoms with van der Waals surface area (Å²) in [5.41, 5.74) is -0.557. The largest absolute Gasteiger partial charge is 0.469 e. The molecule has 0 aliphatic rings.